The number of quaternary nitrogens is 1. The highest BCUT2D eigenvalue weighted by atomic mass is 79.9. The third-order valence-corrected chi connectivity index (χ3v) is 32.1. The lowest BCUT2D eigenvalue weighted by atomic mass is 9.87. The first-order valence-electron chi connectivity index (χ1n) is 36.1. The zero-order valence-corrected chi connectivity index (χ0v) is 72.2. The van der Waals surface area contributed by atoms with Crippen LogP contribution < -0.4 is 5.32 Å². The van der Waals surface area contributed by atoms with Gasteiger partial charge in [0.15, 0.2) is 27.3 Å². The minimum atomic E-state index is -3.95. The Morgan fingerprint density at radius 1 is 0.500 bits per heavy atom. The van der Waals surface area contributed by atoms with Crippen molar-refractivity contribution in [1.29, 1.82) is 0 Å². The Bertz CT molecular complexity index is 4340. The van der Waals surface area contributed by atoms with Crippen LogP contribution in [0.4, 0.5) is 0 Å². The van der Waals surface area contributed by atoms with Crippen LogP contribution in [0.5, 0.6) is 0 Å². The minimum Gasteiger partial charge on any atom is -0.394 e. The van der Waals surface area contributed by atoms with Crippen LogP contribution in [0.15, 0.2) is 195 Å². The normalized spacial score (nSPS) is 26.9. The van der Waals surface area contributed by atoms with Crippen molar-refractivity contribution in [3.63, 3.8) is 0 Å². The van der Waals surface area contributed by atoms with Gasteiger partial charge in [-0.3, -0.25) is 0 Å². The average molecular weight is 1870 g/mol. The van der Waals surface area contributed by atoms with E-state index in [4.69, 9.17) is 51.0 Å². The van der Waals surface area contributed by atoms with E-state index in [1.807, 2.05) is 51.1 Å². The van der Waals surface area contributed by atoms with Gasteiger partial charge in [0.1, 0.15) is 55.9 Å². The summed E-state index contributed by atoms with van der Waals surface area (Å²) in [6.07, 6.45) is 0.168. The molecule has 6 aromatic carbocycles. The summed E-state index contributed by atoms with van der Waals surface area (Å²) in [6.45, 7) is 11.1. The third-order valence-electron chi connectivity index (χ3n) is 20.0. The molecule has 33 heteroatoms. The second kappa shape index (κ2) is 39.6. The molecule has 5 saturated heterocycles. The van der Waals surface area contributed by atoms with Gasteiger partial charge < -0.3 is 44.0 Å². The lowest BCUT2D eigenvalue weighted by Gasteiger charge is -2.32. The van der Waals surface area contributed by atoms with Gasteiger partial charge >= 0.3 is 16.9 Å². The average Bonchev–Trinajstić information content (AvgIpc) is 1.61. The van der Waals surface area contributed by atoms with Gasteiger partial charge in [-0.25, -0.2) is 33.7 Å². The minimum absolute atomic E-state index is 0.0197. The van der Waals surface area contributed by atoms with Crippen LogP contribution in [-0.4, -0.2) is 166 Å². The smallest absolute Gasteiger partial charge is 0.394 e. The molecule has 1 aliphatic carbocycles. The number of nitrogens with two attached hydrogens (primary N) is 1. The van der Waals surface area contributed by atoms with Crippen LogP contribution in [0.2, 0.25) is 0 Å². The summed E-state index contributed by atoms with van der Waals surface area (Å²) in [4.78, 5) is 0.342. The van der Waals surface area contributed by atoms with Gasteiger partial charge in [-0.1, -0.05) is 144 Å². The molecule has 0 aromatic heterocycles. The summed E-state index contributed by atoms with van der Waals surface area (Å²) in [6, 6.07) is 45.6. The Kier molecular flexibility index (Phi) is 32.0. The molecular formula is C75H96Br4NO22P2S4+3. The number of sulfone groups is 4. The van der Waals surface area contributed by atoms with Gasteiger partial charge in [0.2, 0.25) is 39.3 Å². The van der Waals surface area contributed by atoms with Crippen molar-refractivity contribution >= 4 is 120 Å². The van der Waals surface area contributed by atoms with Crippen molar-refractivity contribution in [3.8, 4) is 0 Å². The maximum atomic E-state index is 13.7. The highest BCUT2D eigenvalue weighted by Gasteiger charge is 2.55. The summed E-state index contributed by atoms with van der Waals surface area (Å²) < 4.78 is 189. The van der Waals surface area contributed by atoms with Gasteiger partial charge in [0.25, 0.3) is 0 Å². The Morgan fingerprint density at radius 2 is 0.880 bits per heavy atom. The van der Waals surface area contributed by atoms with Gasteiger partial charge in [0.05, 0.1) is 63.8 Å². The van der Waals surface area contributed by atoms with E-state index in [9.17, 15) is 48.4 Å². The Balaban J connectivity index is 0.000000202. The highest BCUT2D eigenvalue weighted by molar-refractivity contribution is 9.11. The topological polar surface area (TPSA) is 312 Å². The van der Waals surface area contributed by atoms with E-state index in [2.05, 4.69) is 106 Å². The molecule has 17 atom stereocenters. The van der Waals surface area contributed by atoms with Gasteiger partial charge in [-0.05, 0) is 167 Å². The number of halogens is 4. The zero-order chi connectivity index (χ0) is 77.7. The number of ether oxygens (including phenoxy) is 6. The first-order chi connectivity index (χ1) is 51.4. The second-order valence-electron chi connectivity index (χ2n) is 28.1. The number of rotatable bonds is 30. The molecule has 0 spiro atoms. The highest BCUT2D eigenvalue weighted by Crippen LogP contribution is 2.53. The first kappa shape index (κ1) is 87.4. The maximum absolute atomic E-state index is 13.7. The van der Waals surface area contributed by atoms with Crippen molar-refractivity contribution in [2.45, 2.75) is 226 Å². The summed E-state index contributed by atoms with van der Waals surface area (Å²) >= 11 is 13.2. The molecule has 6 aromatic rings. The van der Waals surface area contributed by atoms with Crippen LogP contribution in [0.3, 0.4) is 0 Å². The summed E-state index contributed by atoms with van der Waals surface area (Å²) in [5.74, 6) is 1.71. The molecule has 5 heterocycles. The maximum Gasteiger partial charge on any atom is 0.697 e. The summed E-state index contributed by atoms with van der Waals surface area (Å²) in [7, 11) is -21.2. The SMILES string of the molecule is CC(C)OC1C[C@H](S(=O)(=O)c2ccc(Br)cc2)O[C@@H]1CO[P+](=O)OC1C[C@H](S(=O)(=O)c2ccc(Br)cc2)O[C@@H]1CO.CC(C)OC1C[C@H](S(=O)(=O)c2ccc(Br)cc2)O[C@@H]1CO[PH+](OC1C[C@H](S(=O)(=O)c2ccc(Br)cc2)O[C@@H]1CO)O[C@@](C)(c1ccccc1)[C@H]1CCC[NH2+]1.CC(c1ccccc1)C1CCCC1. The Hall–Kier alpha value is -2.99. The van der Waals surface area contributed by atoms with Crippen molar-refractivity contribution < 1.29 is 105 Å². The van der Waals surface area contributed by atoms with Gasteiger partial charge in [-0.2, -0.15) is 13.6 Å². The summed E-state index contributed by atoms with van der Waals surface area (Å²) in [5, 5.41) is 22.4. The van der Waals surface area contributed by atoms with Crippen molar-refractivity contribution in [2.24, 2.45) is 5.92 Å². The van der Waals surface area contributed by atoms with Crippen LogP contribution in [0.25, 0.3) is 0 Å². The fourth-order valence-corrected chi connectivity index (χ4v) is 23.8. The van der Waals surface area contributed by atoms with E-state index in [1.165, 1.54) is 79.8 Å². The number of aliphatic hydroxyl groups is 2. The number of hydrogen-bond acceptors (Lipinski definition) is 22. The van der Waals surface area contributed by atoms with Gasteiger partial charge in [0, 0.05) is 61.0 Å². The van der Waals surface area contributed by atoms with Gasteiger partial charge in [-0.15, -0.1) is 9.05 Å². The molecule has 0 amide bonds. The fraction of sp³-hybridized carbons (Fsp3) is 0.520. The van der Waals surface area contributed by atoms with E-state index >= 15 is 0 Å². The van der Waals surface area contributed by atoms with Crippen LogP contribution in [0, 0.1) is 5.92 Å². The van der Waals surface area contributed by atoms with Crippen molar-refractivity contribution in [1.82, 2.24) is 0 Å². The molecule has 6 aliphatic rings. The molecule has 7 unspecified atom stereocenters. The molecule has 5 aliphatic heterocycles. The molecule has 0 bridgehead atoms. The van der Waals surface area contributed by atoms with E-state index in [-0.39, 0.29) is 76.7 Å². The molecular weight excluding hydrogens is 1780 g/mol. The predicted octanol–water partition coefficient (Wildman–Crippen LogP) is 14.0. The third kappa shape index (κ3) is 22.6. The van der Waals surface area contributed by atoms with Crippen LogP contribution >= 0.6 is 80.6 Å². The molecule has 4 N–H and O–H groups in total. The van der Waals surface area contributed by atoms with Crippen LogP contribution in [0.1, 0.15) is 123 Å². The van der Waals surface area contributed by atoms with E-state index in [0.29, 0.717) is 4.47 Å². The first-order valence-corrected chi connectivity index (χ1v) is 47.8. The second-order valence-corrected chi connectivity index (χ2v) is 42.3. The Labute approximate surface area is 670 Å². The van der Waals surface area contributed by atoms with Crippen molar-refractivity contribution in [3.05, 3.63) is 187 Å². The van der Waals surface area contributed by atoms with Crippen LogP contribution in [-0.2, 0) is 101 Å². The monoisotopic (exact) mass is 1870 g/mol. The fourth-order valence-electron chi connectivity index (χ4n) is 14.1. The van der Waals surface area contributed by atoms with E-state index in [0.717, 1.165) is 50.2 Å². The largest absolute Gasteiger partial charge is 0.697 e. The number of aliphatic hydroxyl groups excluding tert-OH is 2. The van der Waals surface area contributed by atoms with E-state index in [1.54, 1.807) is 62.4 Å². The predicted molar refractivity (Wildman–Crippen MR) is 422 cm³/mol. The number of hydrogen-bond donors (Lipinski definition) is 3. The Morgan fingerprint density at radius 3 is 1.28 bits per heavy atom. The zero-order valence-electron chi connectivity index (χ0n) is 60.7. The molecule has 592 valence electrons. The van der Waals surface area contributed by atoms with E-state index < -0.39 is 146 Å². The molecule has 1 saturated carbocycles. The molecule has 12 rings (SSSR count). The number of benzene rings is 6. The lowest BCUT2D eigenvalue weighted by Crippen LogP contribution is -2.90. The quantitative estimate of drug-likeness (QED) is 0.0353. The standard InChI is InChI=1S/C37H47Br2NO11PS2.C25H30Br2O11PS2.C13H18/c1-24(2)47-30-20-35(53(42,43)28-15-11-26(38)12-16-28)49-33(30)23-46-52(51-37(3,34-10-7-19-40-34)25-8-5-4-6-9-25)50-31-21-36(48-32(31)22-41)54(44,45)29-17-13-27(39)14-18-29;1-15(2)35-20-11-24(40(30,31)18-7-3-16(26)4-8-18)37-23(20)14-34-39(29)38-21-12-25(36-22(21)13-28)41(32,33)19-9-5-17(27)6-10-19;1-11(13-9-5-6-10-13)12-7-3-2-4-8-12/h4-6,8-9,11-18,24,30-36,40-41,52H,7,10,19-23H2,1-3H3;3-10,15,20-25,28H,11-14H2,1-2H3;2-4,7-8,11,13H,5-6,9-10H2,1H3/q2*+1;/p+1/t30?,31?,32-,33-,34-,35+,36+,37+;20?,21?,22-,23-,24+,25+;/m11./s1. The van der Waals surface area contributed by atoms with Crippen molar-refractivity contribution in [2.75, 3.05) is 33.0 Å². The molecule has 108 heavy (non-hydrogen) atoms. The summed E-state index contributed by atoms with van der Waals surface area (Å²) in [5.41, 5.74) is -3.43. The molecule has 23 nitrogen and oxygen atoms in total. The molecule has 6 fully saturated rings. The molecule has 0 radical (unpaired) electrons. The lowest BCUT2D eigenvalue weighted by molar-refractivity contribution is -0.684.